The molecule has 0 saturated carbocycles. The number of nitrogens with one attached hydrogen (secondary N) is 1. The average molecular weight is 448 g/mol. The Balaban J connectivity index is 1.11. The second-order valence-corrected chi connectivity index (χ2v) is 8.02. The van der Waals surface area contributed by atoms with Crippen molar-refractivity contribution in [1.29, 1.82) is 0 Å². The Bertz CT molecular complexity index is 1010. The summed E-state index contributed by atoms with van der Waals surface area (Å²) in [6.07, 6.45) is 4.12. The van der Waals surface area contributed by atoms with Crippen LogP contribution in [-0.2, 0) is 22.6 Å². The van der Waals surface area contributed by atoms with E-state index in [0.29, 0.717) is 39.3 Å². The molecule has 1 aliphatic heterocycles. The summed E-state index contributed by atoms with van der Waals surface area (Å²) >= 11 is 0. The molecule has 33 heavy (non-hydrogen) atoms. The van der Waals surface area contributed by atoms with Gasteiger partial charge in [-0.25, -0.2) is 9.48 Å². The minimum Gasteiger partial charge on any atom is -0.445 e. The molecule has 1 fully saturated rings. The number of hydrogen-bond acceptors (Lipinski definition) is 5. The number of benzene rings is 2. The molecule has 172 valence electrons. The number of piperazine rings is 1. The van der Waals surface area contributed by atoms with Crippen molar-refractivity contribution >= 4 is 12.0 Å². The second kappa shape index (κ2) is 11.3. The molecule has 1 N–H and O–H groups in total. The summed E-state index contributed by atoms with van der Waals surface area (Å²) in [6, 6.07) is 19.7. The topological polar surface area (TPSA) is 79.7 Å². The van der Waals surface area contributed by atoms with Crippen LogP contribution in [0.5, 0.6) is 0 Å². The van der Waals surface area contributed by atoms with E-state index >= 15 is 0 Å². The largest absolute Gasteiger partial charge is 0.445 e. The van der Waals surface area contributed by atoms with Gasteiger partial charge in [0, 0.05) is 45.1 Å². The molecule has 0 aliphatic carbocycles. The lowest BCUT2D eigenvalue weighted by atomic mass is 10.1. The van der Waals surface area contributed by atoms with Crippen LogP contribution in [0.15, 0.2) is 73.1 Å². The fraction of sp³-hybridized carbons (Fsp3) is 0.320. The first kappa shape index (κ1) is 22.5. The van der Waals surface area contributed by atoms with E-state index in [-0.39, 0.29) is 18.6 Å². The summed E-state index contributed by atoms with van der Waals surface area (Å²) in [4.78, 5) is 28.3. The summed E-state index contributed by atoms with van der Waals surface area (Å²) in [6.45, 7) is 3.63. The maximum atomic E-state index is 12.3. The smallest absolute Gasteiger partial charge is 0.410 e. The molecular weight excluding hydrogens is 418 g/mol. The number of carbonyl (C=O) groups is 2. The van der Waals surface area contributed by atoms with Gasteiger partial charge in [-0.3, -0.25) is 9.69 Å². The Kier molecular flexibility index (Phi) is 7.71. The monoisotopic (exact) mass is 447 g/mol. The fourth-order valence-electron chi connectivity index (χ4n) is 3.74. The van der Waals surface area contributed by atoms with Gasteiger partial charge < -0.3 is 15.0 Å². The first-order valence-corrected chi connectivity index (χ1v) is 11.2. The predicted octanol–water partition coefficient (Wildman–Crippen LogP) is 2.49. The van der Waals surface area contributed by atoms with Crippen LogP contribution in [0.4, 0.5) is 4.79 Å². The zero-order valence-electron chi connectivity index (χ0n) is 18.6. The summed E-state index contributed by atoms with van der Waals surface area (Å²) < 4.78 is 7.21. The molecule has 8 heteroatoms. The highest BCUT2D eigenvalue weighted by atomic mass is 16.6. The van der Waals surface area contributed by atoms with Gasteiger partial charge in [-0.2, -0.15) is 5.10 Å². The molecule has 0 bridgehead atoms. The maximum absolute atomic E-state index is 12.3. The van der Waals surface area contributed by atoms with Crippen LogP contribution in [0.3, 0.4) is 0 Å². The number of carbonyl (C=O) groups excluding carboxylic acids is 2. The van der Waals surface area contributed by atoms with E-state index in [4.69, 9.17) is 4.74 Å². The molecule has 1 aliphatic rings. The number of hydrogen-bond donors (Lipinski definition) is 1. The summed E-state index contributed by atoms with van der Waals surface area (Å²) in [5.41, 5.74) is 3.14. The highest BCUT2D eigenvalue weighted by Gasteiger charge is 2.23. The normalized spacial score (nSPS) is 14.1. The first-order valence-electron chi connectivity index (χ1n) is 11.2. The van der Waals surface area contributed by atoms with Crippen LogP contribution in [0.2, 0.25) is 0 Å². The lowest BCUT2D eigenvalue weighted by Gasteiger charge is -2.33. The molecule has 3 aromatic rings. The Morgan fingerprint density at radius 3 is 2.36 bits per heavy atom. The Morgan fingerprint density at radius 1 is 0.909 bits per heavy atom. The molecule has 2 heterocycles. The number of aromatic nitrogens is 2. The summed E-state index contributed by atoms with van der Waals surface area (Å²) in [5.74, 6) is 0.00302. The highest BCUT2D eigenvalue weighted by molar-refractivity contribution is 5.78. The molecule has 8 nitrogen and oxygen atoms in total. The van der Waals surface area contributed by atoms with Crippen molar-refractivity contribution in [3.63, 3.8) is 0 Å². The van der Waals surface area contributed by atoms with Gasteiger partial charge in [-0.15, -0.1) is 0 Å². The van der Waals surface area contributed by atoms with Gasteiger partial charge >= 0.3 is 6.09 Å². The fourth-order valence-corrected chi connectivity index (χ4v) is 3.74. The molecule has 4 rings (SSSR count). The predicted molar refractivity (Wildman–Crippen MR) is 125 cm³/mol. The molecule has 2 amide bonds. The van der Waals surface area contributed by atoms with Crippen molar-refractivity contribution in [3.8, 4) is 5.69 Å². The second-order valence-electron chi connectivity index (χ2n) is 8.02. The van der Waals surface area contributed by atoms with E-state index < -0.39 is 0 Å². The standard InChI is InChI=1S/C25H29N5O3/c31-24(26-13-11-21-7-9-23(10-8-21)30-14-4-12-27-30)19-28-15-17-29(18-16-28)25(32)33-20-22-5-2-1-3-6-22/h1-10,12,14H,11,13,15-20H2,(H,26,31). The van der Waals surface area contributed by atoms with Crippen LogP contribution in [0.1, 0.15) is 11.1 Å². The number of rotatable bonds is 8. The molecular formula is C25H29N5O3. The van der Waals surface area contributed by atoms with Crippen molar-refractivity contribution in [2.45, 2.75) is 13.0 Å². The van der Waals surface area contributed by atoms with E-state index in [1.807, 2.05) is 59.4 Å². The quantitative estimate of drug-likeness (QED) is 0.574. The Labute approximate surface area is 193 Å². The Hall–Kier alpha value is -3.65. The minimum absolute atomic E-state index is 0.00302. The minimum atomic E-state index is -0.304. The number of nitrogens with zero attached hydrogens (tertiary/aromatic N) is 4. The van der Waals surface area contributed by atoms with Crippen LogP contribution in [0.25, 0.3) is 5.69 Å². The van der Waals surface area contributed by atoms with E-state index in [9.17, 15) is 9.59 Å². The molecule has 0 atom stereocenters. The number of amides is 2. The first-order chi connectivity index (χ1) is 16.2. The molecule has 2 aromatic carbocycles. The van der Waals surface area contributed by atoms with Gasteiger partial charge in [0.2, 0.25) is 5.91 Å². The molecule has 1 saturated heterocycles. The lowest BCUT2D eigenvalue weighted by Crippen LogP contribution is -2.51. The van der Waals surface area contributed by atoms with Crippen molar-refractivity contribution in [1.82, 2.24) is 24.9 Å². The third-order valence-electron chi connectivity index (χ3n) is 5.64. The van der Waals surface area contributed by atoms with Crippen molar-refractivity contribution in [2.24, 2.45) is 0 Å². The summed E-state index contributed by atoms with van der Waals surface area (Å²) in [7, 11) is 0. The third kappa shape index (κ3) is 6.66. The van der Waals surface area contributed by atoms with Crippen LogP contribution in [0, 0.1) is 0 Å². The van der Waals surface area contributed by atoms with Crippen LogP contribution >= 0.6 is 0 Å². The third-order valence-corrected chi connectivity index (χ3v) is 5.64. The van der Waals surface area contributed by atoms with E-state index in [1.165, 1.54) is 0 Å². The van der Waals surface area contributed by atoms with Gasteiger partial charge in [-0.05, 0) is 35.7 Å². The lowest BCUT2D eigenvalue weighted by molar-refractivity contribution is -0.122. The van der Waals surface area contributed by atoms with Gasteiger partial charge in [-0.1, -0.05) is 42.5 Å². The molecule has 1 aromatic heterocycles. The van der Waals surface area contributed by atoms with Crippen LogP contribution in [-0.4, -0.2) is 70.8 Å². The van der Waals surface area contributed by atoms with Crippen LogP contribution < -0.4 is 5.32 Å². The van der Waals surface area contributed by atoms with Gasteiger partial charge in [0.05, 0.1) is 12.2 Å². The van der Waals surface area contributed by atoms with Crippen molar-refractivity contribution < 1.29 is 14.3 Å². The summed E-state index contributed by atoms with van der Waals surface area (Å²) in [5, 5.41) is 7.21. The van der Waals surface area contributed by atoms with Gasteiger partial charge in [0.1, 0.15) is 6.61 Å². The van der Waals surface area contributed by atoms with E-state index in [2.05, 4.69) is 27.4 Å². The average Bonchev–Trinajstić information content (AvgIpc) is 3.39. The SMILES string of the molecule is O=C(CN1CCN(C(=O)OCc2ccccc2)CC1)NCCc1ccc(-n2cccn2)cc1. The number of ether oxygens (including phenoxy) is 1. The van der Waals surface area contributed by atoms with Crippen molar-refractivity contribution in [2.75, 3.05) is 39.3 Å². The zero-order chi connectivity index (χ0) is 22.9. The highest BCUT2D eigenvalue weighted by Crippen LogP contribution is 2.09. The van der Waals surface area contributed by atoms with E-state index in [0.717, 1.165) is 23.2 Å². The molecule has 0 spiro atoms. The maximum Gasteiger partial charge on any atom is 0.410 e. The zero-order valence-corrected chi connectivity index (χ0v) is 18.6. The van der Waals surface area contributed by atoms with Gasteiger partial charge in [0.25, 0.3) is 0 Å². The van der Waals surface area contributed by atoms with Crippen molar-refractivity contribution in [3.05, 3.63) is 84.2 Å². The molecule has 0 unspecified atom stereocenters. The molecule has 0 radical (unpaired) electrons. The Morgan fingerprint density at radius 2 is 1.67 bits per heavy atom. The van der Waals surface area contributed by atoms with E-state index in [1.54, 1.807) is 11.1 Å². The van der Waals surface area contributed by atoms with Gasteiger partial charge in [0.15, 0.2) is 0 Å².